The number of hydrogen-bond acceptors (Lipinski definition) is 2. The minimum absolute atomic E-state index is 0.296. The van der Waals surface area contributed by atoms with Crippen LogP contribution in [0.2, 0.25) is 0 Å². The van der Waals surface area contributed by atoms with Crippen LogP contribution >= 0.6 is 0 Å². The Kier molecular flexibility index (Phi) is 8.99. The third-order valence-electron chi connectivity index (χ3n) is 7.14. The molecule has 33 heavy (non-hydrogen) atoms. The Morgan fingerprint density at radius 1 is 0.939 bits per heavy atom. The number of benzene rings is 1. The number of halogens is 6. The summed E-state index contributed by atoms with van der Waals surface area (Å²) in [5, 5.41) is 0. The third-order valence-corrected chi connectivity index (χ3v) is 7.14. The van der Waals surface area contributed by atoms with Gasteiger partial charge in [-0.15, -0.1) is 0 Å². The zero-order valence-electron chi connectivity index (χ0n) is 18.9. The van der Waals surface area contributed by atoms with Crippen molar-refractivity contribution >= 4 is 0 Å². The average Bonchev–Trinajstić information content (AvgIpc) is 2.76. The summed E-state index contributed by atoms with van der Waals surface area (Å²) in [4.78, 5) is 0. The highest BCUT2D eigenvalue weighted by atomic mass is 19.3. The molecule has 3 rings (SSSR count). The van der Waals surface area contributed by atoms with E-state index >= 15 is 0 Å². The van der Waals surface area contributed by atoms with Crippen LogP contribution in [0.4, 0.5) is 26.3 Å². The maximum atomic E-state index is 14.8. The van der Waals surface area contributed by atoms with E-state index in [0.717, 1.165) is 5.92 Å². The molecule has 8 heteroatoms. The van der Waals surface area contributed by atoms with Crippen molar-refractivity contribution in [1.82, 2.24) is 0 Å². The van der Waals surface area contributed by atoms with Gasteiger partial charge in [0.2, 0.25) is 0 Å². The first-order valence-corrected chi connectivity index (χ1v) is 11.9. The Balaban J connectivity index is 1.54. The number of rotatable bonds is 9. The van der Waals surface area contributed by atoms with Gasteiger partial charge in [-0.1, -0.05) is 32.6 Å². The predicted molar refractivity (Wildman–Crippen MR) is 114 cm³/mol. The lowest BCUT2D eigenvalue weighted by Gasteiger charge is -2.39. The van der Waals surface area contributed by atoms with Gasteiger partial charge in [0.05, 0.1) is 12.2 Å². The summed E-state index contributed by atoms with van der Waals surface area (Å²) < 4.78 is 91.1. The minimum Gasteiger partial charge on any atom is -0.459 e. The van der Waals surface area contributed by atoms with E-state index in [1.54, 1.807) is 0 Å². The van der Waals surface area contributed by atoms with Crippen molar-refractivity contribution in [3.63, 3.8) is 0 Å². The van der Waals surface area contributed by atoms with Crippen molar-refractivity contribution in [3.05, 3.63) is 36.1 Å². The summed E-state index contributed by atoms with van der Waals surface area (Å²) in [5.74, 6) is -3.44. The van der Waals surface area contributed by atoms with Gasteiger partial charge in [0.1, 0.15) is 5.75 Å². The summed E-state index contributed by atoms with van der Waals surface area (Å²) in [5.41, 5.74) is 0. The van der Waals surface area contributed by atoms with Crippen molar-refractivity contribution in [1.29, 1.82) is 0 Å². The van der Waals surface area contributed by atoms with Crippen LogP contribution in [0.5, 0.6) is 11.5 Å². The van der Waals surface area contributed by atoms with Crippen molar-refractivity contribution < 1.29 is 35.8 Å². The van der Waals surface area contributed by atoms with Crippen LogP contribution in [-0.2, 0) is 0 Å². The van der Waals surface area contributed by atoms with Gasteiger partial charge in [-0.3, -0.25) is 0 Å². The molecule has 186 valence electrons. The van der Waals surface area contributed by atoms with Crippen LogP contribution in [0.3, 0.4) is 0 Å². The van der Waals surface area contributed by atoms with Gasteiger partial charge in [-0.05, 0) is 56.3 Å². The normalized spacial score (nSPS) is 26.7. The molecule has 0 saturated heterocycles. The van der Waals surface area contributed by atoms with Gasteiger partial charge in [0.15, 0.2) is 17.4 Å². The maximum absolute atomic E-state index is 14.8. The van der Waals surface area contributed by atoms with Crippen LogP contribution in [0, 0.1) is 35.3 Å². The molecule has 2 nitrogen and oxygen atoms in total. The Labute approximate surface area is 191 Å². The van der Waals surface area contributed by atoms with Crippen molar-refractivity contribution in [3.8, 4) is 11.5 Å². The third kappa shape index (κ3) is 7.06. The van der Waals surface area contributed by atoms with E-state index in [2.05, 4.69) is 11.7 Å². The summed E-state index contributed by atoms with van der Waals surface area (Å²) in [6.45, 7) is 2.20. The van der Waals surface area contributed by atoms with Gasteiger partial charge in [0, 0.05) is 18.2 Å². The minimum atomic E-state index is -3.57. The summed E-state index contributed by atoms with van der Waals surface area (Å²) in [6, 6.07) is 1.14. The molecule has 1 aromatic rings. The average molecular weight is 479 g/mol. The van der Waals surface area contributed by atoms with E-state index < -0.39 is 41.6 Å². The smallest absolute Gasteiger partial charge is 0.400 e. The molecule has 0 aliphatic heterocycles. The second-order valence-electron chi connectivity index (χ2n) is 9.34. The molecule has 0 amide bonds. The largest absolute Gasteiger partial charge is 0.459 e. The highest BCUT2D eigenvalue weighted by molar-refractivity contribution is 5.35. The summed E-state index contributed by atoms with van der Waals surface area (Å²) in [6.07, 6.45) is 3.60. The highest BCUT2D eigenvalue weighted by Crippen LogP contribution is 2.46. The lowest BCUT2D eigenvalue weighted by Crippen LogP contribution is -2.38. The first-order valence-electron chi connectivity index (χ1n) is 11.9. The molecule has 0 heterocycles. The molecule has 0 radical (unpaired) electrons. The van der Waals surface area contributed by atoms with Gasteiger partial charge in [-0.2, -0.15) is 8.78 Å². The molecule has 0 spiro atoms. The Bertz CT molecular complexity index is 758. The van der Waals surface area contributed by atoms with E-state index in [1.807, 2.05) is 0 Å². The summed E-state index contributed by atoms with van der Waals surface area (Å²) >= 11 is 0. The molecular weight excluding hydrogens is 446 g/mol. The molecule has 2 aliphatic carbocycles. The van der Waals surface area contributed by atoms with Gasteiger partial charge < -0.3 is 9.47 Å². The van der Waals surface area contributed by atoms with E-state index in [0.29, 0.717) is 62.0 Å². The second kappa shape index (κ2) is 11.5. The molecule has 0 aromatic heterocycles. The topological polar surface area (TPSA) is 18.5 Å². The first kappa shape index (κ1) is 25.8. The fraction of sp³-hybridized carbons (Fsp3) is 0.680. The molecule has 0 bridgehead atoms. The lowest BCUT2D eigenvalue weighted by molar-refractivity contribution is -0.224. The van der Waals surface area contributed by atoms with Crippen LogP contribution in [0.25, 0.3) is 0 Å². The fourth-order valence-electron chi connectivity index (χ4n) is 5.40. The van der Waals surface area contributed by atoms with Crippen LogP contribution in [0.15, 0.2) is 24.5 Å². The van der Waals surface area contributed by atoms with Gasteiger partial charge in [0.25, 0.3) is 6.43 Å². The fourth-order valence-corrected chi connectivity index (χ4v) is 5.40. The van der Waals surface area contributed by atoms with Gasteiger partial charge in [-0.25, -0.2) is 17.6 Å². The van der Waals surface area contributed by atoms with E-state index in [1.165, 1.54) is 38.5 Å². The molecule has 0 atom stereocenters. The number of ether oxygens (including phenoxy) is 2. The first-order chi connectivity index (χ1) is 15.7. The zero-order valence-corrected chi connectivity index (χ0v) is 18.9. The SMILES string of the molecule is CCCC1CCC(C2CCC(C(F)(F)Oc3cc(F)c(OC=CC(F)F)c(F)c3)CC2)CC1. The molecule has 2 saturated carbocycles. The highest BCUT2D eigenvalue weighted by Gasteiger charge is 2.45. The Morgan fingerprint density at radius 3 is 2.00 bits per heavy atom. The molecule has 0 N–H and O–H groups in total. The Morgan fingerprint density at radius 2 is 1.48 bits per heavy atom. The maximum Gasteiger partial charge on any atom is 0.400 e. The molecule has 0 unspecified atom stereocenters. The molecule has 2 fully saturated rings. The standard InChI is InChI=1S/C25H32F6O2/c1-2-3-16-4-6-17(7-5-16)18-8-10-19(11-9-18)25(30,31)33-20-14-21(26)24(22(27)15-20)32-13-12-23(28)29/h12-19,23H,2-11H2,1H3. The van der Waals surface area contributed by atoms with Crippen molar-refractivity contribution in [2.45, 2.75) is 83.7 Å². The molecule has 1 aromatic carbocycles. The van der Waals surface area contributed by atoms with E-state index in [4.69, 9.17) is 4.74 Å². The van der Waals surface area contributed by atoms with Crippen molar-refractivity contribution in [2.75, 3.05) is 0 Å². The molecular formula is C25H32F6O2. The van der Waals surface area contributed by atoms with Crippen LogP contribution < -0.4 is 9.47 Å². The Hall–Kier alpha value is -1.86. The quantitative estimate of drug-likeness (QED) is 0.262. The van der Waals surface area contributed by atoms with Crippen LogP contribution in [-0.4, -0.2) is 12.5 Å². The zero-order chi connectivity index (χ0) is 24.0. The van der Waals surface area contributed by atoms with E-state index in [9.17, 15) is 26.3 Å². The van der Waals surface area contributed by atoms with E-state index in [-0.39, 0.29) is 0 Å². The summed E-state index contributed by atoms with van der Waals surface area (Å²) in [7, 11) is 0. The monoisotopic (exact) mass is 478 g/mol. The lowest BCUT2D eigenvalue weighted by atomic mass is 9.68. The molecule has 2 aliphatic rings. The number of hydrogen-bond donors (Lipinski definition) is 0. The number of alkyl halides is 4. The van der Waals surface area contributed by atoms with Crippen LogP contribution in [0.1, 0.15) is 71.1 Å². The van der Waals surface area contributed by atoms with Crippen molar-refractivity contribution in [2.24, 2.45) is 23.7 Å². The predicted octanol–water partition coefficient (Wildman–Crippen LogP) is 8.51. The van der Waals surface area contributed by atoms with Gasteiger partial charge >= 0.3 is 6.11 Å². The second-order valence-corrected chi connectivity index (χ2v) is 9.34. The number of allylic oxidation sites excluding steroid dienone is 1.